The van der Waals surface area contributed by atoms with Gasteiger partial charge in [-0.3, -0.25) is 0 Å². The van der Waals surface area contributed by atoms with E-state index in [-0.39, 0.29) is 9.80 Å². The minimum atomic E-state index is -3.83. The SMILES string of the molecule is CCOc1ccc(OCC)c(N2C=C(C#N)S(=O)(=O)c3ccccc32)c1. The molecule has 1 aliphatic heterocycles. The Kier molecular flexibility index (Phi) is 4.87. The third kappa shape index (κ3) is 3.00. The summed E-state index contributed by atoms with van der Waals surface area (Å²) in [6, 6.07) is 13.7. The molecule has 1 heterocycles. The first-order chi connectivity index (χ1) is 12.5. The summed E-state index contributed by atoms with van der Waals surface area (Å²) < 4.78 is 36.5. The van der Waals surface area contributed by atoms with Gasteiger partial charge in [-0.05, 0) is 38.1 Å². The molecule has 0 N–H and O–H groups in total. The average Bonchev–Trinajstić information content (AvgIpc) is 2.64. The van der Waals surface area contributed by atoms with E-state index in [9.17, 15) is 13.7 Å². The average molecular weight is 370 g/mol. The molecule has 134 valence electrons. The van der Waals surface area contributed by atoms with Gasteiger partial charge in [0.1, 0.15) is 17.6 Å². The van der Waals surface area contributed by atoms with Crippen molar-refractivity contribution in [2.24, 2.45) is 0 Å². The fourth-order valence-corrected chi connectivity index (χ4v) is 4.07. The molecule has 0 saturated carbocycles. The van der Waals surface area contributed by atoms with Crippen LogP contribution in [0.1, 0.15) is 13.8 Å². The monoisotopic (exact) mass is 370 g/mol. The number of rotatable bonds is 5. The number of nitriles is 1. The van der Waals surface area contributed by atoms with Crippen molar-refractivity contribution in [3.8, 4) is 17.6 Å². The fourth-order valence-electron chi connectivity index (χ4n) is 2.77. The summed E-state index contributed by atoms with van der Waals surface area (Å²) in [6.07, 6.45) is 1.32. The van der Waals surface area contributed by atoms with Gasteiger partial charge in [-0.1, -0.05) is 12.1 Å². The molecular weight excluding hydrogens is 352 g/mol. The Balaban J connectivity index is 2.25. The van der Waals surface area contributed by atoms with Crippen molar-refractivity contribution in [2.45, 2.75) is 18.7 Å². The Morgan fingerprint density at radius 3 is 2.46 bits per heavy atom. The third-order valence-corrected chi connectivity index (χ3v) is 5.56. The predicted molar refractivity (Wildman–Crippen MR) is 98.2 cm³/mol. The maximum Gasteiger partial charge on any atom is 0.220 e. The lowest BCUT2D eigenvalue weighted by Gasteiger charge is -2.29. The number of hydrogen-bond donors (Lipinski definition) is 0. The van der Waals surface area contributed by atoms with Gasteiger partial charge >= 0.3 is 0 Å². The summed E-state index contributed by atoms with van der Waals surface area (Å²) in [7, 11) is -3.83. The largest absolute Gasteiger partial charge is 0.494 e. The summed E-state index contributed by atoms with van der Waals surface area (Å²) in [6.45, 7) is 4.69. The number of nitrogens with zero attached hydrogens (tertiary/aromatic N) is 2. The molecular formula is C19H18N2O4S. The topological polar surface area (TPSA) is 79.6 Å². The van der Waals surface area contributed by atoms with E-state index in [0.29, 0.717) is 36.1 Å². The van der Waals surface area contributed by atoms with Crippen LogP contribution < -0.4 is 14.4 Å². The van der Waals surface area contributed by atoms with Gasteiger partial charge in [-0.2, -0.15) is 5.26 Å². The van der Waals surface area contributed by atoms with E-state index in [1.807, 2.05) is 13.8 Å². The summed E-state index contributed by atoms with van der Waals surface area (Å²) in [4.78, 5) is 1.42. The van der Waals surface area contributed by atoms with Crippen LogP contribution in [0, 0.1) is 11.3 Å². The summed E-state index contributed by atoms with van der Waals surface area (Å²) in [5, 5.41) is 9.35. The molecule has 0 spiro atoms. The minimum Gasteiger partial charge on any atom is -0.494 e. The van der Waals surface area contributed by atoms with Gasteiger partial charge in [0.15, 0.2) is 4.91 Å². The van der Waals surface area contributed by atoms with Crippen LogP contribution in [0.15, 0.2) is 58.5 Å². The van der Waals surface area contributed by atoms with E-state index >= 15 is 0 Å². The maximum atomic E-state index is 12.6. The molecule has 0 aromatic heterocycles. The standard InChI is InChI=1S/C19H18N2O4S/c1-3-24-14-9-10-18(25-4-2)17(11-14)21-13-15(12-20)26(22,23)19-8-6-5-7-16(19)21/h5-11,13H,3-4H2,1-2H3. The predicted octanol–water partition coefficient (Wildman–Crippen LogP) is 3.77. The second-order valence-corrected chi connectivity index (χ2v) is 7.33. The van der Waals surface area contributed by atoms with Crippen LogP contribution in [0.2, 0.25) is 0 Å². The molecule has 0 fully saturated rings. The first kappa shape index (κ1) is 17.8. The number of sulfone groups is 1. The number of anilines is 2. The van der Waals surface area contributed by atoms with Crippen LogP contribution in [0.25, 0.3) is 0 Å². The van der Waals surface area contributed by atoms with Gasteiger partial charge < -0.3 is 14.4 Å². The number of benzene rings is 2. The summed E-state index contributed by atoms with van der Waals surface area (Å²) in [5.74, 6) is 1.20. The van der Waals surface area contributed by atoms with Crippen LogP contribution in [0.5, 0.6) is 11.5 Å². The van der Waals surface area contributed by atoms with E-state index in [1.54, 1.807) is 47.4 Å². The van der Waals surface area contributed by atoms with Crippen LogP contribution in [-0.4, -0.2) is 21.6 Å². The molecule has 0 bridgehead atoms. The lowest BCUT2D eigenvalue weighted by molar-refractivity contribution is 0.331. The van der Waals surface area contributed by atoms with Gasteiger partial charge in [0.05, 0.1) is 29.5 Å². The van der Waals surface area contributed by atoms with Crippen molar-refractivity contribution in [1.82, 2.24) is 0 Å². The first-order valence-electron chi connectivity index (χ1n) is 8.17. The normalized spacial score (nSPS) is 14.8. The molecule has 0 radical (unpaired) electrons. The summed E-state index contributed by atoms with van der Waals surface area (Å²) >= 11 is 0. The molecule has 2 aromatic carbocycles. The van der Waals surface area contributed by atoms with Gasteiger partial charge in [0.2, 0.25) is 9.84 Å². The lowest BCUT2D eigenvalue weighted by Crippen LogP contribution is -2.21. The molecule has 6 nitrogen and oxygen atoms in total. The number of hydrogen-bond acceptors (Lipinski definition) is 6. The molecule has 0 aliphatic carbocycles. The Labute approximate surface area is 152 Å². The molecule has 26 heavy (non-hydrogen) atoms. The third-order valence-electron chi connectivity index (χ3n) is 3.86. The zero-order chi connectivity index (χ0) is 18.7. The summed E-state index contributed by atoms with van der Waals surface area (Å²) in [5.41, 5.74) is 1.06. The number of para-hydroxylation sites is 1. The first-order valence-corrected chi connectivity index (χ1v) is 9.66. The molecule has 7 heteroatoms. The maximum absolute atomic E-state index is 12.6. The molecule has 1 aliphatic rings. The van der Waals surface area contributed by atoms with Crippen LogP contribution in [0.4, 0.5) is 11.4 Å². The number of ether oxygens (including phenoxy) is 2. The molecule has 0 unspecified atom stereocenters. The van der Waals surface area contributed by atoms with E-state index in [4.69, 9.17) is 9.47 Å². The van der Waals surface area contributed by atoms with Crippen LogP contribution >= 0.6 is 0 Å². The van der Waals surface area contributed by atoms with Gasteiger partial charge in [0, 0.05) is 12.3 Å². The van der Waals surface area contributed by atoms with Crippen molar-refractivity contribution in [3.05, 3.63) is 53.6 Å². The minimum absolute atomic E-state index is 0.0864. The van der Waals surface area contributed by atoms with E-state index < -0.39 is 9.84 Å². The zero-order valence-electron chi connectivity index (χ0n) is 14.5. The van der Waals surface area contributed by atoms with Gasteiger partial charge in [-0.25, -0.2) is 8.42 Å². The lowest BCUT2D eigenvalue weighted by atomic mass is 10.2. The highest BCUT2D eigenvalue weighted by Gasteiger charge is 2.32. The molecule has 0 saturated heterocycles. The fraction of sp³-hybridized carbons (Fsp3) is 0.211. The zero-order valence-corrected chi connectivity index (χ0v) is 15.3. The highest BCUT2D eigenvalue weighted by molar-refractivity contribution is 7.95. The Morgan fingerprint density at radius 1 is 1.04 bits per heavy atom. The highest BCUT2D eigenvalue weighted by atomic mass is 32.2. The van der Waals surface area contributed by atoms with Crippen molar-refractivity contribution in [2.75, 3.05) is 18.1 Å². The van der Waals surface area contributed by atoms with E-state index in [0.717, 1.165) is 0 Å². The second kappa shape index (κ2) is 7.10. The van der Waals surface area contributed by atoms with E-state index in [2.05, 4.69) is 0 Å². The Morgan fingerprint density at radius 2 is 1.77 bits per heavy atom. The van der Waals surface area contributed by atoms with Crippen molar-refractivity contribution in [1.29, 1.82) is 5.26 Å². The quantitative estimate of drug-likeness (QED) is 0.797. The second-order valence-electron chi connectivity index (χ2n) is 5.44. The molecule has 3 rings (SSSR count). The van der Waals surface area contributed by atoms with Crippen LogP contribution in [0.3, 0.4) is 0 Å². The number of allylic oxidation sites excluding steroid dienone is 1. The van der Waals surface area contributed by atoms with Crippen molar-refractivity contribution in [3.63, 3.8) is 0 Å². The van der Waals surface area contributed by atoms with Crippen molar-refractivity contribution < 1.29 is 17.9 Å². The molecule has 0 amide bonds. The van der Waals surface area contributed by atoms with E-state index in [1.165, 1.54) is 12.3 Å². The number of fused-ring (bicyclic) bond motifs is 1. The Hall–Kier alpha value is -2.98. The highest BCUT2D eigenvalue weighted by Crippen LogP contribution is 2.43. The van der Waals surface area contributed by atoms with Gasteiger partial charge in [-0.15, -0.1) is 0 Å². The Bertz CT molecular complexity index is 1010. The molecule has 0 atom stereocenters. The van der Waals surface area contributed by atoms with Crippen LogP contribution in [-0.2, 0) is 9.84 Å². The smallest absolute Gasteiger partial charge is 0.220 e. The molecule has 2 aromatic rings. The van der Waals surface area contributed by atoms with Gasteiger partial charge in [0.25, 0.3) is 0 Å². The van der Waals surface area contributed by atoms with Crippen molar-refractivity contribution >= 4 is 21.2 Å².